The predicted octanol–water partition coefficient (Wildman–Crippen LogP) is 1.90. The lowest BCUT2D eigenvalue weighted by molar-refractivity contribution is 0.828. The number of nitrogens with zero attached hydrogens (tertiary/aromatic N) is 3. The number of aryl methyl sites for hydroxylation is 1. The van der Waals surface area contributed by atoms with E-state index in [4.69, 9.17) is 0 Å². The molecule has 5 heteroatoms. The molecule has 1 aliphatic heterocycles. The first kappa shape index (κ1) is 10.4. The number of hydrogen-bond acceptors (Lipinski definition) is 3. The van der Waals surface area contributed by atoms with Crippen molar-refractivity contribution in [1.29, 1.82) is 0 Å². The maximum atomic E-state index is 4.49. The van der Waals surface area contributed by atoms with Gasteiger partial charge in [-0.25, -0.2) is 4.98 Å². The van der Waals surface area contributed by atoms with Gasteiger partial charge in [-0.05, 0) is 35.0 Å². The van der Waals surface area contributed by atoms with Gasteiger partial charge in [-0.1, -0.05) is 0 Å². The van der Waals surface area contributed by atoms with E-state index in [0.717, 1.165) is 34.8 Å². The smallest absolute Gasteiger partial charge is 0.161 e. The summed E-state index contributed by atoms with van der Waals surface area (Å²) in [6, 6.07) is 4.00. The predicted molar refractivity (Wildman–Crippen MR) is 65.1 cm³/mol. The molecule has 1 fully saturated rings. The number of pyridine rings is 1. The average molecular weight is 269 g/mol. The standard InChI is InChI=1S/C10H13BrN4/c1-7-3-4-8(11)10(13-7)15-6-5-9(12-2)14-15/h3-4H,5-6H2,1-2H3,(H,12,14). The molecular formula is C10H13BrN4. The highest BCUT2D eigenvalue weighted by Crippen LogP contribution is 2.24. The average Bonchev–Trinajstić information content (AvgIpc) is 2.70. The zero-order chi connectivity index (χ0) is 10.8. The molecule has 0 radical (unpaired) electrons. The fraction of sp³-hybridized carbons (Fsp3) is 0.400. The van der Waals surface area contributed by atoms with Crippen molar-refractivity contribution < 1.29 is 0 Å². The zero-order valence-corrected chi connectivity index (χ0v) is 10.4. The van der Waals surface area contributed by atoms with Crippen LogP contribution in [-0.4, -0.2) is 24.4 Å². The Morgan fingerprint density at radius 3 is 3.00 bits per heavy atom. The molecule has 80 valence electrons. The van der Waals surface area contributed by atoms with E-state index in [2.05, 4.69) is 31.3 Å². The van der Waals surface area contributed by atoms with Crippen molar-refractivity contribution in [3.63, 3.8) is 0 Å². The molecule has 0 saturated carbocycles. The summed E-state index contributed by atoms with van der Waals surface area (Å²) in [7, 11) is 1.80. The Bertz CT molecular complexity index is 402. The molecule has 1 aromatic heterocycles. The molecule has 1 aliphatic rings. The van der Waals surface area contributed by atoms with Crippen LogP contribution in [0.25, 0.3) is 0 Å². The lowest BCUT2D eigenvalue weighted by Crippen LogP contribution is -2.34. The summed E-state index contributed by atoms with van der Waals surface area (Å²) in [6.07, 6.45) is 0.943. The van der Waals surface area contributed by atoms with Gasteiger partial charge in [0.05, 0.1) is 4.47 Å². The van der Waals surface area contributed by atoms with Gasteiger partial charge in [0.2, 0.25) is 0 Å². The third kappa shape index (κ3) is 2.12. The number of amidine groups is 1. The van der Waals surface area contributed by atoms with Crippen molar-refractivity contribution in [2.45, 2.75) is 13.3 Å². The number of rotatable bonds is 1. The summed E-state index contributed by atoms with van der Waals surface area (Å²) in [5, 5.41) is 2.01. The minimum absolute atomic E-state index is 0.904. The van der Waals surface area contributed by atoms with E-state index in [-0.39, 0.29) is 0 Å². The van der Waals surface area contributed by atoms with Gasteiger partial charge < -0.3 is 0 Å². The highest BCUT2D eigenvalue weighted by molar-refractivity contribution is 9.10. The third-order valence-corrected chi connectivity index (χ3v) is 2.95. The minimum atomic E-state index is 0.904. The van der Waals surface area contributed by atoms with E-state index in [0.29, 0.717) is 0 Å². The van der Waals surface area contributed by atoms with Crippen LogP contribution in [0.1, 0.15) is 12.1 Å². The first-order valence-corrected chi connectivity index (χ1v) is 5.63. The molecule has 0 aliphatic carbocycles. The van der Waals surface area contributed by atoms with Gasteiger partial charge >= 0.3 is 0 Å². The zero-order valence-electron chi connectivity index (χ0n) is 8.79. The molecule has 1 aromatic rings. The molecule has 0 amide bonds. The second-order valence-corrected chi connectivity index (χ2v) is 4.30. The van der Waals surface area contributed by atoms with Gasteiger partial charge in [-0.15, -0.1) is 0 Å². The number of hydrogen-bond donors (Lipinski definition) is 1. The molecule has 2 heterocycles. The van der Waals surface area contributed by atoms with E-state index in [9.17, 15) is 0 Å². The van der Waals surface area contributed by atoms with E-state index >= 15 is 0 Å². The van der Waals surface area contributed by atoms with E-state index in [1.807, 2.05) is 24.1 Å². The highest BCUT2D eigenvalue weighted by atomic mass is 79.9. The summed E-state index contributed by atoms with van der Waals surface area (Å²) < 4.78 is 0.998. The van der Waals surface area contributed by atoms with Crippen LogP contribution in [0.2, 0.25) is 0 Å². The summed E-state index contributed by atoms with van der Waals surface area (Å²) in [5.74, 6) is 1.93. The maximum absolute atomic E-state index is 4.49. The van der Waals surface area contributed by atoms with Crippen LogP contribution in [0.5, 0.6) is 0 Å². The summed E-state index contributed by atoms with van der Waals surface area (Å²) in [4.78, 5) is 8.62. The van der Waals surface area contributed by atoms with Gasteiger partial charge in [0.1, 0.15) is 5.84 Å². The molecule has 4 nitrogen and oxygen atoms in total. The fourth-order valence-electron chi connectivity index (χ4n) is 1.52. The van der Waals surface area contributed by atoms with Crippen LogP contribution in [0, 0.1) is 6.92 Å². The number of aliphatic imine (C=N–C) groups is 1. The Morgan fingerprint density at radius 1 is 1.53 bits per heavy atom. The Balaban J connectivity index is 2.27. The molecule has 0 aromatic carbocycles. The Kier molecular flexibility index (Phi) is 2.90. The van der Waals surface area contributed by atoms with E-state index in [1.165, 1.54) is 0 Å². The van der Waals surface area contributed by atoms with Crippen molar-refractivity contribution in [2.24, 2.45) is 4.99 Å². The minimum Gasteiger partial charge on any atom is -0.284 e. The van der Waals surface area contributed by atoms with Crippen molar-refractivity contribution in [3.8, 4) is 0 Å². The second-order valence-electron chi connectivity index (χ2n) is 3.44. The van der Waals surface area contributed by atoms with Crippen molar-refractivity contribution in [3.05, 3.63) is 22.3 Å². The van der Waals surface area contributed by atoms with Gasteiger partial charge in [0.15, 0.2) is 5.82 Å². The van der Waals surface area contributed by atoms with Gasteiger partial charge in [0, 0.05) is 25.7 Å². The molecule has 15 heavy (non-hydrogen) atoms. The largest absolute Gasteiger partial charge is 0.284 e. The van der Waals surface area contributed by atoms with Crippen LogP contribution in [-0.2, 0) is 0 Å². The monoisotopic (exact) mass is 268 g/mol. The number of hydrazine groups is 1. The van der Waals surface area contributed by atoms with Crippen LogP contribution < -0.4 is 10.4 Å². The first-order valence-electron chi connectivity index (χ1n) is 4.83. The lowest BCUT2D eigenvalue weighted by atomic mass is 10.3. The topological polar surface area (TPSA) is 40.5 Å². The lowest BCUT2D eigenvalue weighted by Gasteiger charge is -2.18. The number of aromatic nitrogens is 1. The Hall–Kier alpha value is -1.10. The number of halogens is 1. The van der Waals surface area contributed by atoms with E-state index < -0.39 is 0 Å². The SMILES string of the molecule is CN=C1CCN(c2nc(C)ccc2Br)N1. The maximum Gasteiger partial charge on any atom is 0.161 e. The van der Waals surface area contributed by atoms with Crippen molar-refractivity contribution in [1.82, 2.24) is 10.4 Å². The second kappa shape index (κ2) is 4.18. The molecule has 0 bridgehead atoms. The Labute approximate surface area is 97.5 Å². The first-order chi connectivity index (χ1) is 7.20. The molecular weight excluding hydrogens is 256 g/mol. The molecule has 0 atom stereocenters. The molecule has 2 rings (SSSR count). The van der Waals surface area contributed by atoms with Crippen molar-refractivity contribution in [2.75, 3.05) is 18.6 Å². The summed E-state index contributed by atoms with van der Waals surface area (Å²) >= 11 is 3.50. The fourth-order valence-corrected chi connectivity index (χ4v) is 1.96. The summed E-state index contributed by atoms with van der Waals surface area (Å²) in [6.45, 7) is 2.89. The quantitative estimate of drug-likeness (QED) is 0.846. The normalized spacial score (nSPS) is 18.3. The molecule has 0 spiro atoms. The van der Waals surface area contributed by atoms with Crippen LogP contribution in [0.15, 0.2) is 21.6 Å². The van der Waals surface area contributed by atoms with E-state index in [1.54, 1.807) is 7.05 Å². The van der Waals surface area contributed by atoms with Crippen molar-refractivity contribution >= 4 is 27.6 Å². The van der Waals surface area contributed by atoms with Crippen LogP contribution >= 0.6 is 15.9 Å². The van der Waals surface area contributed by atoms with Gasteiger partial charge in [0.25, 0.3) is 0 Å². The summed E-state index contributed by atoms with van der Waals surface area (Å²) in [5.41, 5.74) is 4.23. The van der Waals surface area contributed by atoms with Crippen LogP contribution in [0.3, 0.4) is 0 Å². The molecule has 1 N–H and O–H groups in total. The Morgan fingerprint density at radius 2 is 2.33 bits per heavy atom. The van der Waals surface area contributed by atoms with Gasteiger partial charge in [-0.3, -0.25) is 15.4 Å². The van der Waals surface area contributed by atoms with Crippen LogP contribution in [0.4, 0.5) is 5.82 Å². The number of anilines is 1. The highest BCUT2D eigenvalue weighted by Gasteiger charge is 2.19. The molecule has 0 unspecified atom stereocenters. The van der Waals surface area contributed by atoms with Gasteiger partial charge in [-0.2, -0.15) is 0 Å². The number of nitrogens with one attached hydrogen (secondary N) is 1. The molecule has 1 saturated heterocycles. The third-order valence-electron chi connectivity index (χ3n) is 2.33.